The minimum absolute atomic E-state index is 0.142. The lowest BCUT2D eigenvalue weighted by atomic mass is 9.95. The summed E-state index contributed by atoms with van der Waals surface area (Å²) in [6.07, 6.45) is 0. The SMILES string of the molecule is Cc1ccc(C(NS(=O)(=O)c2nnc(NC(=O)C(C)(C)C)s2)c2ccccc2)c(C)c1. The summed E-state index contributed by atoms with van der Waals surface area (Å²) in [5.41, 5.74) is 3.10. The van der Waals surface area contributed by atoms with Gasteiger partial charge < -0.3 is 5.32 Å². The molecule has 2 aromatic carbocycles. The molecule has 1 unspecified atom stereocenters. The first-order valence-electron chi connectivity index (χ1n) is 9.77. The van der Waals surface area contributed by atoms with Gasteiger partial charge in [-0.1, -0.05) is 86.2 Å². The minimum Gasteiger partial charge on any atom is -0.300 e. The Hall–Kier alpha value is -2.62. The van der Waals surface area contributed by atoms with Crippen LogP contribution in [0.5, 0.6) is 0 Å². The summed E-state index contributed by atoms with van der Waals surface area (Å²) >= 11 is 0.819. The lowest BCUT2D eigenvalue weighted by Crippen LogP contribution is -2.30. The second-order valence-electron chi connectivity index (χ2n) is 8.40. The molecule has 3 rings (SSSR count). The van der Waals surface area contributed by atoms with Gasteiger partial charge in [-0.05, 0) is 30.5 Å². The van der Waals surface area contributed by atoms with Crippen LogP contribution in [-0.2, 0) is 14.8 Å². The number of hydrogen-bond acceptors (Lipinski definition) is 6. The summed E-state index contributed by atoms with van der Waals surface area (Å²) in [5, 5.41) is 10.4. The molecule has 9 heteroatoms. The maximum atomic E-state index is 13.1. The number of nitrogens with one attached hydrogen (secondary N) is 2. The summed E-state index contributed by atoms with van der Waals surface area (Å²) in [6.45, 7) is 9.23. The van der Waals surface area contributed by atoms with Gasteiger partial charge >= 0.3 is 0 Å². The highest BCUT2D eigenvalue weighted by molar-refractivity contribution is 7.91. The molecule has 164 valence electrons. The molecule has 0 aliphatic heterocycles. The van der Waals surface area contributed by atoms with Crippen molar-refractivity contribution in [2.24, 2.45) is 5.41 Å². The molecule has 7 nitrogen and oxygen atoms in total. The molecule has 1 heterocycles. The fourth-order valence-electron chi connectivity index (χ4n) is 2.97. The normalized spacial score (nSPS) is 13.1. The summed E-state index contributed by atoms with van der Waals surface area (Å²) in [6, 6.07) is 14.7. The van der Waals surface area contributed by atoms with Crippen LogP contribution in [0.15, 0.2) is 52.9 Å². The van der Waals surface area contributed by atoms with E-state index in [4.69, 9.17) is 0 Å². The molecule has 0 spiro atoms. The van der Waals surface area contributed by atoms with Crippen LogP contribution in [0.2, 0.25) is 0 Å². The molecular formula is C22H26N4O3S2. The molecule has 0 radical (unpaired) electrons. The van der Waals surface area contributed by atoms with Crippen LogP contribution in [0.25, 0.3) is 0 Å². The summed E-state index contributed by atoms with van der Waals surface area (Å²) in [7, 11) is -3.99. The first-order valence-corrected chi connectivity index (χ1v) is 12.1. The van der Waals surface area contributed by atoms with Gasteiger partial charge in [-0.2, -0.15) is 4.72 Å². The second kappa shape index (κ2) is 8.86. The Morgan fingerprint density at radius 2 is 1.71 bits per heavy atom. The first kappa shape index (κ1) is 23.1. The maximum Gasteiger partial charge on any atom is 0.270 e. The molecule has 0 fully saturated rings. The number of carbonyl (C=O) groups excluding carboxylic acids is 1. The van der Waals surface area contributed by atoms with Gasteiger partial charge in [0.2, 0.25) is 15.4 Å². The molecule has 1 aromatic heterocycles. The van der Waals surface area contributed by atoms with Crippen LogP contribution in [0, 0.1) is 19.3 Å². The average Bonchev–Trinajstić information content (AvgIpc) is 3.16. The van der Waals surface area contributed by atoms with Gasteiger partial charge in [-0.15, -0.1) is 10.2 Å². The molecule has 1 atom stereocenters. The monoisotopic (exact) mass is 458 g/mol. The van der Waals surface area contributed by atoms with Crippen LogP contribution >= 0.6 is 11.3 Å². The van der Waals surface area contributed by atoms with Crippen molar-refractivity contribution < 1.29 is 13.2 Å². The van der Waals surface area contributed by atoms with Crippen molar-refractivity contribution in [1.29, 1.82) is 0 Å². The first-order chi connectivity index (χ1) is 14.5. The summed E-state index contributed by atoms with van der Waals surface area (Å²) < 4.78 is 28.9. The predicted octanol–water partition coefficient (Wildman–Crippen LogP) is 4.21. The summed E-state index contributed by atoms with van der Waals surface area (Å²) in [5.74, 6) is -0.266. The Morgan fingerprint density at radius 3 is 2.32 bits per heavy atom. The van der Waals surface area contributed by atoms with Crippen LogP contribution < -0.4 is 10.0 Å². The maximum absolute atomic E-state index is 13.1. The van der Waals surface area contributed by atoms with Crippen molar-refractivity contribution in [2.45, 2.75) is 45.0 Å². The molecule has 0 bridgehead atoms. The van der Waals surface area contributed by atoms with Crippen molar-refractivity contribution in [1.82, 2.24) is 14.9 Å². The molecule has 2 N–H and O–H groups in total. The Bertz CT molecular complexity index is 1180. The van der Waals surface area contributed by atoms with E-state index >= 15 is 0 Å². The number of carbonyl (C=O) groups is 1. The van der Waals surface area contributed by atoms with E-state index in [2.05, 4.69) is 20.2 Å². The standard InChI is InChI=1S/C22H26N4O3S2/c1-14-11-12-17(15(2)13-14)18(16-9-7-6-8-10-16)26-31(28,29)21-25-24-20(30-21)23-19(27)22(3,4)5/h6-13,18,26H,1-5H3,(H,23,24,27). The highest BCUT2D eigenvalue weighted by Crippen LogP contribution is 2.29. The highest BCUT2D eigenvalue weighted by Gasteiger charge is 2.28. The van der Waals surface area contributed by atoms with E-state index in [1.807, 2.05) is 62.4 Å². The Labute approximate surface area is 187 Å². The third kappa shape index (κ3) is 5.55. The van der Waals surface area contributed by atoms with Crippen LogP contribution in [0.1, 0.15) is 49.1 Å². The highest BCUT2D eigenvalue weighted by atomic mass is 32.2. The van der Waals surface area contributed by atoms with E-state index in [9.17, 15) is 13.2 Å². The number of hydrogen-bond donors (Lipinski definition) is 2. The van der Waals surface area contributed by atoms with E-state index in [0.717, 1.165) is 33.6 Å². The van der Waals surface area contributed by atoms with Gasteiger partial charge in [0.15, 0.2) is 0 Å². The van der Waals surface area contributed by atoms with Gasteiger partial charge in [0, 0.05) is 5.41 Å². The smallest absolute Gasteiger partial charge is 0.270 e. The molecule has 0 saturated heterocycles. The lowest BCUT2D eigenvalue weighted by molar-refractivity contribution is -0.123. The van der Waals surface area contributed by atoms with Crippen molar-refractivity contribution in [3.05, 3.63) is 70.8 Å². The Kier molecular flexibility index (Phi) is 6.59. The lowest BCUT2D eigenvalue weighted by Gasteiger charge is -2.21. The zero-order valence-corrected chi connectivity index (χ0v) is 19.8. The number of benzene rings is 2. The molecule has 1 amide bonds. The third-order valence-corrected chi connectivity index (χ3v) is 7.31. The topological polar surface area (TPSA) is 101 Å². The molecular weight excluding hydrogens is 432 g/mol. The Morgan fingerprint density at radius 1 is 1.03 bits per heavy atom. The molecule has 31 heavy (non-hydrogen) atoms. The summed E-state index contributed by atoms with van der Waals surface area (Å²) in [4.78, 5) is 12.2. The molecule has 0 saturated carbocycles. The number of rotatable bonds is 6. The number of anilines is 1. The molecule has 0 aliphatic carbocycles. The van der Waals surface area contributed by atoms with Gasteiger partial charge in [0.1, 0.15) is 0 Å². The fraction of sp³-hybridized carbons (Fsp3) is 0.318. The van der Waals surface area contributed by atoms with Crippen LogP contribution in [-0.4, -0.2) is 24.5 Å². The third-order valence-electron chi connectivity index (χ3n) is 4.68. The second-order valence-corrected chi connectivity index (χ2v) is 11.3. The minimum atomic E-state index is -3.99. The predicted molar refractivity (Wildman–Crippen MR) is 123 cm³/mol. The van der Waals surface area contributed by atoms with Crippen LogP contribution in [0.4, 0.5) is 5.13 Å². The van der Waals surface area contributed by atoms with Gasteiger partial charge in [0.05, 0.1) is 6.04 Å². The van der Waals surface area contributed by atoms with Crippen LogP contribution in [0.3, 0.4) is 0 Å². The Balaban J connectivity index is 1.93. The van der Waals surface area contributed by atoms with E-state index in [1.165, 1.54) is 0 Å². The molecule has 3 aromatic rings. The van der Waals surface area contributed by atoms with Crippen molar-refractivity contribution in [3.63, 3.8) is 0 Å². The quantitative estimate of drug-likeness (QED) is 0.539. The number of sulfonamides is 1. The van der Waals surface area contributed by atoms with E-state index in [-0.39, 0.29) is 15.4 Å². The number of amides is 1. The van der Waals surface area contributed by atoms with E-state index in [1.54, 1.807) is 20.8 Å². The number of aromatic nitrogens is 2. The van der Waals surface area contributed by atoms with Crippen molar-refractivity contribution >= 4 is 32.4 Å². The van der Waals surface area contributed by atoms with Gasteiger partial charge in [-0.25, -0.2) is 8.42 Å². The zero-order chi connectivity index (χ0) is 22.8. The van der Waals surface area contributed by atoms with Crippen molar-refractivity contribution in [2.75, 3.05) is 5.32 Å². The average molecular weight is 459 g/mol. The number of aryl methyl sites for hydroxylation is 2. The van der Waals surface area contributed by atoms with E-state index < -0.39 is 21.5 Å². The largest absolute Gasteiger partial charge is 0.300 e. The van der Waals surface area contributed by atoms with E-state index in [0.29, 0.717) is 0 Å². The zero-order valence-electron chi connectivity index (χ0n) is 18.1. The van der Waals surface area contributed by atoms with Gasteiger partial charge in [0.25, 0.3) is 10.0 Å². The van der Waals surface area contributed by atoms with Gasteiger partial charge in [-0.3, -0.25) is 4.79 Å². The molecule has 0 aliphatic rings. The fourth-order valence-corrected chi connectivity index (χ4v) is 5.08. The number of nitrogens with zero attached hydrogens (tertiary/aromatic N) is 2. The van der Waals surface area contributed by atoms with Crippen molar-refractivity contribution in [3.8, 4) is 0 Å².